The second-order valence-corrected chi connectivity index (χ2v) is 11.0. The molecule has 0 aliphatic heterocycles. The number of amides is 2. The molecule has 8 nitrogen and oxygen atoms in total. The van der Waals surface area contributed by atoms with Crippen LogP contribution < -0.4 is 14.8 Å². The van der Waals surface area contributed by atoms with E-state index in [0.29, 0.717) is 53.3 Å². The minimum atomic E-state index is -0.986. The van der Waals surface area contributed by atoms with Gasteiger partial charge in [0.1, 0.15) is 0 Å². The fourth-order valence-corrected chi connectivity index (χ4v) is 5.89. The van der Waals surface area contributed by atoms with Crippen LogP contribution in [0.3, 0.4) is 0 Å². The predicted octanol–water partition coefficient (Wildman–Crippen LogP) is 6.34. The Balaban J connectivity index is 1.41. The molecule has 4 aromatic rings. The van der Waals surface area contributed by atoms with Crippen LogP contribution in [0.1, 0.15) is 63.2 Å². The van der Waals surface area contributed by atoms with Crippen LogP contribution >= 0.6 is 0 Å². The van der Waals surface area contributed by atoms with E-state index in [1.807, 2.05) is 67.6 Å². The minimum absolute atomic E-state index is 0.0419. The third-order valence-electron chi connectivity index (χ3n) is 8.14. The van der Waals surface area contributed by atoms with Gasteiger partial charge in [0.25, 0.3) is 11.8 Å². The van der Waals surface area contributed by atoms with Crippen LogP contribution in [0.15, 0.2) is 91.0 Å². The number of aryl methyl sites for hydroxylation is 1. The summed E-state index contributed by atoms with van der Waals surface area (Å²) in [4.78, 5) is 40.9. The summed E-state index contributed by atoms with van der Waals surface area (Å²) in [5.41, 5.74) is 5.44. The van der Waals surface area contributed by atoms with Crippen LogP contribution in [0.2, 0.25) is 0 Å². The third kappa shape index (κ3) is 7.34. The number of carboxylic acid groups (broad SMARTS) is 1. The second kappa shape index (κ2) is 14.6. The molecule has 0 aromatic heterocycles. The highest BCUT2D eigenvalue weighted by molar-refractivity contribution is 6.06. The van der Waals surface area contributed by atoms with Gasteiger partial charge in [-0.15, -0.1) is 0 Å². The van der Waals surface area contributed by atoms with E-state index in [1.54, 1.807) is 30.2 Å². The Kier molecular flexibility index (Phi) is 10.1. The molecule has 1 unspecified atom stereocenters. The molecule has 232 valence electrons. The molecule has 0 heterocycles. The summed E-state index contributed by atoms with van der Waals surface area (Å²) in [5, 5.41) is 12.7. The summed E-state index contributed by atoms with van der Waals surface area (Å²) in [6.07, 6.45) is 2.04. The minimum Gasteiger partial charge on any atom is -0.493 e. The van der Waals surface area contributed by atoms with E-state index >= 15 is 0 Å². The van der Waals surface area contributed by atoms with E-state index in [-0.39, 0.29) is 30.8 Å². The topological polar surface area (TPSA) is 105 Å². The van der Waals surface area contributed by atoms with Crippen molar-refractivity contribution in [2.24, 2.45) is 0 Å². The molecule has 45 heavy (non-hydrogen) atoms. The third-order valence-corrected chi connectivity index (χ3v) is 8.14. The summed E-state index contributed by atoms with van der Waals surface area (Å²) in [5.74, 6) is -0.262. The van der Waals surface area contributed by atoms with Gasteiger partial charge in [0.2, 0.25) is 0 Å². The average Bonchev–Trinajstić information content (AvgIpc) is 3.47. The Morgan fingerprint density at radius 3 is 2.29 bits per heavy atom. The largest absolute Gasteiger partial charge is 0.493 e. The molecular weight excluding hydrogens is 568 g/mol. The number of carboxylic acids is 1. The predicted molar refractivity (Wildman–Crippen MR) is 173 cm³/mol. The number of aliphatic carboxylic acids is 1. The van der Waals surface area contributed by atoms with Gasteiger partial charge >= 0.3 is 5.97 Å². The van der Waals surface area contributed by atoms with Crippen LogP contribution in [0.25, 0.3) is 11.1 Å². The molecule has 0 saturated heterocycles. The molecule has 1 atom stereocenters. The lowest BCUT2D eigenvalue weighted by atomic mass is 9.94. The summed E-state index contributed by atoms with van der Waals surface area (Å²) >= 11 is 0. The molecule has 2 N–H and O–H groups in total. The monoisotopic (exact) mass is 606 g/mol. The second-order valence-electron chi connectivity index (χ2n) is 11.0. The van der Waals surface area contributed by atoms with Crippen molar-refractivity contribution in [3.05, 3.63) is 119 Å². The number of carbonyl (C=O) groups is 3. The maximum atomic E-state index is 14.1. The highest BCUT2D eigenvalue weighted by Gasteiger charge is 2.26. The highest BCUT2D eigenvalue weighted by atomic mass is 16.5. The van der Waals surface area contributed by atoms with Crippen molar-refractivity contribution in [1.29, 1.82) is 0 Å². The first kappa shape index (κ1) is 31.3. The first-order chi connectivity index (χ1) is 21.9. The molecule has 1 aliphatic carbocycles. The summed E-state index contributed by atoms with van der Waals surface area (Å²) in [6.45, 7) is 2.71. The Hall–Kier alpha value is -5.11. The standard InChI is InChI=1S/C37H38N2O6/c1-3-45-34-24-25(16-19-33(34)44-2)20-22-39(23-21-35(40)41)37(43)31-15-9-7-13-29(31)28-12-6-8-14-30(28)36(42)38-32-18-17-26-10-4-5-11-27(26)32/h4-16,19,24,32H,3,17-18,20-23H2,1-2H3,(H,38,42)(H,40,41). The number of carbonyl (C=O) groups excluding carboxylic acids is 2. The normalized spacial score (nSPS) is 13.5. The number of ether oxygens (including phenoxy) is 2. The average molecular weight is 607 g/mol. The van der Waals surface area contributed by atoms with Crippen molar-refractivity contribution in [3.63, 3.8) is 0 Å². The molecule has 2 amide bonds. The fraction of sp³-hybridized carbons (Fsp3) is 0.270. The molecule has 4 aromatic carbocycles. The van der Waals surface area contributed by atoms with E-state index in [4.69, 9.17) is 9.47 Å². The van der Waals surface area contributed by atoms with Crippen LogP contribution in [-0.4, -0.2) is 54.6 Å². The van der Waals surface area contributed by atoms with Gasteiger partial charge in [-0.1, -0.05) is 66.7 Å². The van der Waals surface area contributed by atoms with Crippen molar-refractivity contribution >= 4 is 17.8 Å². The lowest BCUT2D eigenvalue weighted by Crippen LogP contribution is -2.35. The van der Waals surface area contributed by atoms with Gasteiger partial charge in [0.15, 0.2) is 11.5 Å². The van der Waals surface area contributed by atoms with Crippen LogP contribution in [0.4, 0.5) is 0 Å². The number of fused-ring (bicyclic) bond motifs is 1. The van der Waals surface area contributed by atoms with Crippen molar-refractivity contribution in [3.8, 4) is 22.6 Å². The summed E-state index contributed by atoms with van der Waals surface area (Å²) in [6, 6.07) is 28.2. The molecule has 0 bridgehead atoms. The summed E-state index contributed by atoms with van der Waals surface area (Å²) < 4.78 is 11.1. The molecule has 0 saturated carbocycles. The Morgan fingerprint density at radius 2 is 1.56 bits per heavy atom. The number of hydrogen-bond donors (Lipinski definition) is 2. The summed E-state index contributed by atoms with van der Waals surface area (Å²) in [7, 11) is 1.58. The molecule has 5 rings (SSSR count). The maximum Gasteiger partial charge on any atom is 0.305 e. The van der Waals surface area contributed by atoms with Crippen molar-refractivity contribution in [2.75, 3.05) is 26.8 Å². The van der Waals surface area contributed by atoms with Crippen LogP contribution in [-0.2, 0) is 17.6 Å². The SMILES string of the molecule is CCOc1cc(CCN(CCC(=O)O)C(=O)c2ccccc2-c2ccccc2C(=O)NC2CCc3ccccc32)ccc1OC. The maximum absolute atomic E-state index is 14.1. The van der Waals surface area contributed by atoms with E-state index in [0.717, 1.165) is 24.0 Å². The fourth-order valence-electron chi connectivity index (χ4n) is 5.89. The van der Waals surface area contributed by atoms with Crippen molar-refractivity contribution < 1.29 is 29.0 Å². The molecule has 0 spiro atoms. The van der Waals surface area contributed by atoms with Gasteiger partial charge < -0.3 is 24.8 Å². The van der Waals surface area contributed by atoms with Crippen LogP contribution in [0.5, 0.6) is 11.5 Å². The van der Waals surface area contributed by atoms with E-state index in [2.05, 4.69) is 17.4 Å². The zero-order valence-electron chi connectivity index (χ0n) is 25.6. The molecule has 0 radical (unpaired) electrons. The first-order valence-electron chi connectivity index (χ1n) is 15.3. The number of hydrogen-bond acceptors (Lipinski definition) is 5. The molecule has 0 fully saturated rings. The lowest BCUT2D eigenvalue weighted by Gasteiger charge is -2.24. The number of rotatable bonds is 13. The Labute approximate surface area is 263 Å². The number of benzene rings is 4. The lowest BCUT2D eigenvalue weighted by molar-refractivity contribution is -0.137. The quantitative estimate of drug-likeness (QED) is 0.184. The van der Waals surface area contributed by atoms with Gasteiger partial charge in [-0.25, -0.2) is 0 Å². The van der Waals surface area contributed by atoms with Gasteiger partial charge in [-0.3, -0.25) is 14.4 Å². The van der Waals surface area contributed by atoms with Crippen LogP contribution in [0, 0.1) is 0 Å². The van der Waals surface area contributed by atoms with E-state index in [9.17, 15) is 19.5 Å². The molecule has 8 heteroatoms. The highest BCUT2D eigenvalue weighted by Crippen LogP contribution is 2.33. The number of methoxy groups -OCH3 is 1. The van der Waals surface area contributed by atoms with Gasteiger partial charge in [0, 0.05) is 24.2 Å². The Morgan fingerprint density at radius 1 is 0.867 bits per heavy atom. The Bertz CT molecular complexity index is 1680. The van der Waals surface area contributed by atoms with E-state index in [1.165, 1.54) is 5.56 Å². The van der Waals surface area contributed by atoms with Crippen molar-refractivity contribution in [2.45, 2.75) is 38.6 Å². The smallest absolute Gasteiger partial charge is 0.305 e. The first-order valence-corrected chi connectivity index (χ1v) is 15.3. The van der Waals surface area contributed by atoms with Crippen molar-refractivity contribution in [1.82, 2.24) is 10.2 Å². The molecule has 1 aliphatic rings. The van der Waals surface area contributed by atoms with Gasteiger partial charge in [-0.05, 0) is 78.3 Å². The zero-order chi connectivity index (χ0) is 31.8. The van der Waals surface area contributed by atoms with Gasteiger partial charge in [0.05, 0.1) is 26.2 Å². The molecular formula is C37H38N2O6. The number of nitrogens with one attached hydrogen (secondary N) is 1. The van der Waals surface area contributed by atoms with E-state index < -0.39 is 5.97 Å². The number of nitrogens with zero attached hydrogens (tertiary/aromatic N) is 1. The van der Waals surface area contributed by atoms with Gasteiger partial charge in [-0.2, -0.15) is 0 Å². The zero-order valence-corrected chi connectivity index (χ0v) is 25.6.